The lowest BCUT2D eigenvalue weighted by atomic mass is 9.93. The van der Waals surface area contributed by atoms with Gasteiger partial charge in [0.1, 0.15) is 17.6 Å². The van der Waals surface area contributed by atoms with E-state index in [-0.39, 0.29) is 36.5 Å². The fourth-order valence-corrected chi connectivity index (χ4v) is 7.79. The lowest BCUT2D eigenvalue weighted by Gasteiger charge is -2.35. The van der Waals surface area contributed by atoms with Crippen LogP contribution in [-0.4, -0.2) is 89.0 Å². The number of para-hydroxylation sites is 1. The average Bonchev–Trinajstić information content (AvgIpc) is 3.24. The van der Waals surface area contributed by atoms with Gasteiger partial charge in [-0.05, 0) is 91.6 Å². The van der Waals surface area contributed by atoms with Crippen molar-refractivity contribution in [1.82, 2.24) is 20.1 Å². The van der Waals surface area contributed by atoms with Crippen LogP contribution in [0.2, 0.25) is 0 Å². The molecule has 4 aromatic carbocycles. The SMILES string of the molecule is O=C(Nc1ccccc1-c1ccccc1)OC1CCN(CCC2CCN(C(=O)COc3ccc(CNC[C@H](O)c4ccc(O)c5[nH]c(=O)ccc45)cc3)CC2)CC1. The molecule has 2 saturated heterocycles. The molecular formula is C45H51N5O7. The van der Waals surface area contributed by atoms with Crippen LogP contribution in [0.5, 0.6) is 11.5 Å². The van der Waals surface area contributed by atoms with E-state index in [4.69, 9.17) is 9.47 Å². The number of hydrogen-bond donors (Lipinski definition) is 5. The minimum Gasteiger partial charge on any atom is -0.506 e. The Morgan fingerprint density at radius 2 is 1.58 bits per heavy atom. The number of carbonyl (C=O) groups excluding carboxylic acids is 2. The van der Waals surface area contributed by atoms with Crippen LogP contribution in [-0.2, 0) is 16.1 Å². The Kier molecular flexibility index (Phi) is 13.2. The average molecular weight is 774 g/mol. The number of nitrogens with one attached hydrogen (secondary N) is 3. The summed E-state index contributed by atoms with van der Waals surface area (Å²) < 4.78 is 11.7. The summed E-state index contributed by atoms with van der Waals surface area (Å²) in [7, 11) is 0. The van der Waals surface area contributed by atoms with Gasteiger partial charge in [-0.1, -0.05) is 66.7 Å². The van der Waals surface area contributed by atoms with Gasteiger partial charge in [-0.15, -0.1) is 0 Å². The number of carbonyl (C=O) groups is 2. The number of benzene rings is 4. The number of hydrogen-bond acceptors (Lipinski definition) is 9. The van der Waals surface area contributed by atoms with Crippen molar-refractivity contribution in [2.24, 2.45) is 5.92 Å². The molecule has 5 aromatic rings. The van der Waals surface area contributed by atoms with E-state index in [0.717, 1.165) is 87.2 Å². The molecule has 5 N–H and O–H groups in total. The maximum atomic E-state index is 13.0. The van der Waals surface area contributed by atoms with Crippen molar-refractivity contribution in [2.45, 2.75) is 50.9 Å². The van der Waals surface area contributed by atoms with Crippen LogP contribution in [0.4, 0.5) is 10.5 Å². The Bertz CT molecular complexity index is 2160. The minimum atomic E-state index is -0.848. The fourth-order valence-electron chi connectivity index (χ4n) is 7.79. The Labute approximate surface area is 332 Å². The zero-order valence-corrected chi connectivity index (χ0v) is 32.1. The summed E-state index contributed by atoms with van der Waals surface area (Å²) in [6, 6.07) is 31.4. The van der Waals surface area contributed by atoms with Crippen molar-refractivity contribution in [3.63, 3.8) is 0 Å². The van der Waals surface area contributed by atoms with Crippen molar-refractivity contribution >= 4 is 28.6 Å². The van der Waals surface area contributed by atoms with Gasteiger partial charge in [-0.2, -0.15) is 0 Å². The molecule has 3 heterocycles. The number of aliphatic hydroxyl groups is 1. The first kappa shape index (κ1) is 39.5. The quantitative estimate of drug-likeness (QED) is 0.0857. The van der Waals surface area contributed by atoms with Crippen LogP contribution in [0.15, 0.2) is 108 Å². The second-order valence-corrected chi connectivity index (χ2v) is 15.0. The molecule has 57 heavy (non-hydrogen) atoms. The van der Waals surface area contributed by atoms with E-state index >= 15 is 0 Å². The maximum absolute atomic E-state index is 13.0. The van der Waals surface area contributed by atoms with Gasteiger partial charge in [0.15, 0.2) is 6.61 Å². The number of pyridine rings is 1. The molecule has 12 heteroatoms. The smallest absolute Gasteiger partial charge is 0.411 e. The number of aromatic hydroxyl groups is 1. The summed E-state index contributed by atoms with van der Waals surface area (Å²) in [4.78, 5) is 44.4. The lowest BCUT2D eigenvalue weighted by Crippen LogP contribution is -2.42. The molecule has 2 aliphatic rings. The van der Waals surface area contributed by atoms with Gasteiger partial charge in [-0.3, -0.25) is 14.9 Å². The normalized spacial score (nSPS) is 16.0. The zero-order chi connectivity index (χ0) is 39.6. The van der Waals surface area contributed by atoms with Crippen molar-refractivity contribution in [1.29, 1.82) is 0 Å². The first-order chi connectivity index (χ1) is 27.8. The van der Waals surface area contributed by atoms with Crippen LogP contribution >= 0.6 is 0 Å². The number of ether oxygens (including phenoxy) is 2. The Balaban J connectivity index is 0.757. The van der Waals surface area contributed by atoms with E-state index in [1.165, 1.54) is 12.1 Å². The van der Waals surface area contributed by atoms with Gasteiger partial charge in [0.05, 0.1) is 17.3 Å². The van der Waals surface area contributed by atoms with Crippen molar-refractivity contribution in [3.8, 4) is 22.6 Å². The summed E-state index contributed by atoms with van der Waals surface area (Å²) in [6.45, 7) is 5.05. The number of H-pyrrole nitrogens is 1. The second-order valence-electron chi connectivity index (χ2n) is 15.0. The van der Waals surface area contributed by atoms with Crippen LogP contribution in [0, 0.1) is 5.92 Å². The van der Waals surface area contributed by atoms with Crippen LogP contribution < -0.4 is 20.9 Å². The number of aliphatic hydroxyl groups excluding tert-OH is 1. The molecule has 1 atom stereocenters. The Morgan fingerprint density at radius 1 is 0.842 bits per heavy atom. The van der Waals surface area contributed by atoms with Gasteiger partial charge < -0.3 is 39.8 Å². The third-order valence-electron chi connectivity index (χ3n) is 11.1. The summed E-state index contributed by atoms with van der Waals surface area (Å²) in [5.41, 5.74) is 4.31. The van der Waals surface area contributed by atoms with E-state index in [1.807, 2.05) is 83.8 Å². The molecular weight excluding hydrogens is 723 g/mol. The van der Waals surface area contributed by atoms with Crippen molar-refractivity contribution in [2.75, 3.05) is 51.2 Å². The number of nitrogens with zero attached hydrogens (tertiary/aromatic N) is 2. The van der Waals surface area contributed by atoms with Crippen molar-refractivity contribution in [3.05, 3.63) is 125 Å². The molecule has 2 fully saturated rings. The molecule has 0 bridgehead atoms. The summed E-state index contributed by atoms with van der Waals surface area (Å²) in [6.07, 6.45) is 3.33. The van der Waals surface area contributed by atoms with Gasteiger partial charge in [0.2, 0.25) is 5.56 Å². The lowest BCUT2D eigenvalue weighted by molar-refractivity contribution is -0.134. The number of piperidine rings is 2. The third kappa shape index (κ3) is 10.6. The van der Waals surface area contributed by atoms with Crippen LogP contribution in [0.3, 0.4) is 0 Å². The number of phenols is 1. The van der Waals surface area contributed by atoms with Gasteiger partial charge in [0.25, 0.3) is 5.91 Å². The summed E-state index contributed by atoms with van der Waals surface area (Å²) in [5, 5.41) is 27.7. The van der Waals surface area contributed by atoms with Crippen LogP contribution in [0.25, 0.3) is 22.0 Å². The second kappa shape index (κ2) is 19.0. The Hall–Kier alpha value is -5.69. The van der Waals surface area contributed by atoms with E-state index in [1.54, 1.807) is 12.1 Å². The Morgan fingerprint density at radius 3 is 2.35 bits per heavy atom. The predicted octanol–water partition coefficient (Wildman–Crippen LogP) is 6.44. The van der Waals surface area contributed by atoms with Crippen molar-refractivity contribution < 1.29 is 29.3 Å². The highest BCUT2D eigenvalue weighted by molar-refractivity contribution is 5.91. The highest BCUT2D eigenvalue weighted by atomic mass is 16.6. The van der Waals surface area contributed by atoms with E-state index in [9.17, 15) is 24.6 Å². The molecule has 1 aromatic heterocycles. The number of fused-ring (bicyclic) bond motifs is 1. The molecule has 12 nitrogen and oxygen atoms in total. The standard InChI is InChI=1S/C45H51N5O7/c51-40-16-14-37(38-15-17-42(53)48-44(38)40)41(52)29-46-28-32-10-12-34(13-11-32)56-30-43(54)50-26-19-31(20-27-50)18-23-49-24-21-35(22-25-49)57-45(55)47-39-9-5-4-8-36(39)33-6-2-1-3-7-33/h1-17,31,35,41,46,51-52H,18-30H2,(H,47,55)(H,48,53)/t41-/m0/s1. The minimum absolute atomic E-state index is 0.00508. The molecule has 0 saturated carbocycles. The molecule has 0 spiro atoms. The molecule has 0 radical (unpaired) electrons. The van der Waals surface area contributed by atoms with Crippen LogP contribution in [0.1, 0.15) is 49.3 Å². The summed E-state index contributed by atoms with van der Waals surface area (Å²) in [5.74, 6) is 1.14. The predicted molar refractivity (Wildman–Crippen MR) is 220 cm³/mol. The number of rotatable bonds is 14. The van der Waals surface area contributed by atoms with E-state index in [2.05, 4.69) is 20.5 Å². The zero-order valence-electron chi connectivity index (χ0n) is 32.1. The number of aromatic amines is 1. The number of amides is 2. The van der Waals surface area contributed by atoms with Gasteiger partial charge in [-0.25, -0.2) is 4.79 Å². The number of anilines is 1. The van der Waals surface area contributed by atoms with E-state index < -0.39 is 12.2 Å². The molecule has 0 unspecified atom stereocenters. The largest absolute Gasteiger partial charge is 0.506 e. The third-order valence-corrected chi connectivity index (χ3v) is 11.1. The highest BCUT2D eigenvalue weighted by Gasteiger charge is 2.26. The first-order valence-electron chi connectivity index (χ1n) is 19.9. The molecule has 2 amide bonds. The van der Waals surface area contributed by atoms with E-state index in [0.29, 0.717) is 34.7 Å². The number of phenolic OH excluding ortho intramolecular Hbond substituents is 1. The molecule has 298 valence electrons. The fraction of sp³-hybridized carbons (Fsp3) is 0.356. The number of aromatic nitrogens is 1. The maximum Gasteiger partial charge on any atom is 0.411 e. The first-order valence-corrected chi connectivity index (χ1v) is 19.9. The number of likely N-dealkylation sites (tertiary alicyclic amines) is 2. The molecule has 2 aliphatic heterocycles. The topological polar surface area (TPSA) is 156 Å². The molecule has 0 aliphatic carbocycles. The summed E-state index contributed by atoms with van der Waals surface area (Å²) >= 11 is 0. The molecule has 7 rings (SSSR count). The van der Waals surface area contributed by atoms with Gasteiger partial charge in [0, 0.05) is 56.3 Å². The van der Waals surface area contributed by atoms with Gasteiger partial charge >= 0.3 is 6.09 Å². The highest BCUT2D eigenvalue weighted by Crippen LogP contribution is 2.30. The monoisotopic (exact) mass is 773 g/mol.